The van der Waals surface area contributed by atoms with Crippen molar-refractivity contribution in [3.05, 3.63) is 0 Å². The van der Waals surface area contributed by atoms with Gasteiger partial charge in [0.05, 0.1) is 17.0 Å². The first-order chi connectivity index (χ1) is 9.67. The molecule has 0 saturated carbocycles. The van der Waals surface area contributed by atoms with Gasteiger partial charge in [-0.05, 0) is 46.5 Å². The first-order valence-corrected chi connectivity index (χ1v) is 9.58. The summed E-state index contributed by atoms with van der Waals surface area (Å²) in [4.78, 5) is 6.77. The van der Waals surface area contributed by atoms with Crippen molar-refractivity contribution < 1.29 is 8.42 Å². The zero-order valence-electron chi connectivity index (χ0n) is 14.1. The number of nitrogens with zero attached hydrogens (tertiary/aromatic N) is 2. The Morgan fingerprint density at radius 1 is 1.38 bits per heavy atom. The molecular weight excluding hydrogens is 286 g/mol. The summed E-state index contributed by atoms with van der Waals surface area (Å²) in [6, 6.07) is 0. The van der Waals surface area contributed by atoms with Gasteiger partial charge in [0.25, 0.3) is 0 Å². The van der Waals surface area contributed by atoms with Gasteiger partial charge in [0.2, 0.25) is 0 Å². The largest absolute Gasteiger partial charge is 0.357 e. The molecule has 0 aromatic heterocycles. The monoisotopic (exact) mass is 317 g/mol. The van der Waals surface area contributed by atoms with E-state index < -0.39 is 14.6 Å². The van der Waals surface area contributed by atoms with E-state index in [0.29, 0.717) is 12.5 Å². The van der Waals surface area contributed by atoms with Crippen molar-refractivity contribution in [2.24, 2.45) is 10.9 Å². The van der Waals surface area contributed by atoms with E-state index in [1.807, 2.05) is 6.92 Å². The highest BCUT2D eigenvalue weighted by Crippen LogP contribution is 2.17. The first-order valence-electron chi connectivity index (χ1n) is 7.93. The normalized spacial score (nSPS) is 21.5. The number of guanidine groups is 1. The van der Waals surface area contributed by atoms with Gasteiger partial charge in [-0.15, -0.1) is 0 Å². The van der Waals surface area contributed by atoms with Crippen LogP contribution in [0.4, 0.5) is 0 Å². The number of sulfone groups is 1. The van der Waals surface area contributed by atoms with Crippen molar-refractivity contribution in [3.63, 3.8) is 0 Å². The van der Waals surface area contributed by atoms with Crippen LogP contribution in [-0.4, -0.2) is 56.0 Å². The van der Waals surface area contributed by atoms with Crippen molar-refractivity contribution in [2.45, 2.75) is 52.2 Å². The van der Waals surface area contributed by atoms with Crippen molar-refractivity contribution in [1.29, 1.82) is 0 Å². The number of likely N-dealkylation sites (tertiary alicyclic amines) is 1. The van der Waals surface area contributed by atoms with Gasteiger partial charge in [-0.3, -0.25) is 4.99 Å². The number of piperidine rings is 1. The molecule has 0 amide bonds. The molecular formula is C15H31N3O2S. The quantitative estimate of drug-likeness (QED) is 0.635. The highest BCUT2D eigenvalue weighted by Gasteiger charge is 2.28. The molecule has 1 rings (SSSR count). The third-order valence-electron chi connectivity index (χ3n) is 3.85. The maximum atomic E-state index is 12.1. The second-order valence-corrected chi connectivity index (χ2v) is 9.72. The number of hydrogen-bond acceptors (Lipinski definition) is 3. The minimum Gasteiger partial charge on any atom is -0.357 e. The van der Waals surface area contributed by atoms with Gasteiger partial charge in [0.1, 0.15) is 0 Å². The SMILES string of the molecule is CCNC(=NCCS(=O)(=O)C(C)(C)C)N1CCCC(C)C1. The molecule has 1 heterocycles. The Bertz CT molecular complexity index is 452. The number of aliphatic imine (C=N–C) groups is 1. The number of rotatable bonds is 4. The van der Waals surface area contributed by atoms with E-state index in [4.69, 9.17) is 0 Å². The Morgan fingerprint density at radius 3 is 2.57 bits per heavy atom. The summed E-state index contributed by atoms with van der Waals surface area (Å²) in [5.74, 6) is 1.63. The highest BCUT2D eigenvalue weighted by molar-refractivity contribution is 7.92. The van der Waals surface area contributed by atoms with Gasteiger partial charge in [0, 0.05) is 19.6 Å². The fraction of sp³-hybridized carbons (Fsp3) is 0.933. The van der Waals surface area contributed by atoms with Crippen molar-refractivity contribution in [2.75, 3.05) is 31.9 Å². The van der Waals surface area contributed by atoms with Crippen LogP contribution in [0, 0.1) is 5.92 Å². The fourth-order valence-electron chi connectivity index (χ4n) is 2.39. The van der Waals surface area contributed by atoms with Crippen LogP contribution >= 0.6 is 0 Å². The molecule has 21 heavy (non-hydrogen) atoms. The zero-order valence-corrected chi connectivity index (χ0v) is 15.0. The van der Waals surface area contributed by atoms with Crippen molar-refractivity contribution in [3.8, 4) is 0 Å². The zero-order chi connectivity index (χ0) is 16.1. The topological polar surface area (TPSA) is 61.8 Å². The van der Waals surface area contributed by atoms with Crippen LogP contribution in [0.2, 0.25) is 0 Å². The van der Waals surface area contributed by atoms with Crippen molar-refractivity contribution >= 4 is 15.8 Å². The lowest BCUT2D eigenvalue weighted by atomic mass is 10.0. The molecule has 1 fully saturated rings. The molecule has 124 valence electrons. The standard InChI is InChI=1S/C15H31N3O2S/c1-6-16-14(18-10-7-8-13(2)12-18)17-9-11-21(19,20)15(3,4)5/h13H,6-12H2,1-5H3,(H,16,17). The molecule has 0 aromatic rings. The molecule has 0 aromatic carbocycles. The Balaban J connectivity index is 2.68. The van der Waals surface area contributed by atoms with E-state index in [1.165, 1.54) is 12.8 Å². The molecule has 1 saturated heterocycles. The third-order valence-corrected chi connectivity index (χ3v) is 6.43. The second kappa shape index (κ2) is 7.47. The summed E-state index contributed by atoms with van der Waals surface area (Å²) >= 11 is 0. The molecule has 1 atom stereocenters. The average Bonchev–Trinajstić information content (AvgIpc) is 2.36. The van der Waals surface area contributed by atoms with E-state index in [9.17, 15) is 8.42 Å². The summed E-state index contributed by atoms with van der Waals surface area (Å²) in [6.07, 6.45) is 2.43. The van der Waals surface area contributed by atoms with E-state index in [-0.39, 0.29) is 5.75 Å². The number of nitrogens with one attached hydrogen (secondary N) is 1. The van der Waals surface area contributed by atoms with Crippen molar-refractivity contribution in [1.82, 2.24) is 10.2 Å². The minimum atomic E-state index is -3.10. The third kappa shape index (κ3) is 5.49. The molecule has 1 aliphatic rings. The molecule has 6 heteroatoms. The lowest BCUT2D eigenvalue weighted by Crippen LogP contribution is -2.46. The lowest BCUT2D eigenvalue weighted by molar-refractivity contribution is 0.266. The number of hydrogen-bond donors (Lipinski definition) is 1. The Morgan fingerprint density at radius 2 is 2.05 bits per heavy atom. The van der Waals surface area contributed by atoms with E-state index >= 15 is 0 Å². The van der Waals surface area contributed by atoms with Crippen LogP contribution in [0.15, 0.2) is 4.99 Å². The molecule has 0 radical (unpaired) electrons. The van der Waals surface area contributed by atoms with Crippen LogP contribution in [-0.2, 0) is 9.84 Å². The second-order valence-electron chi connectivity index (χ2n) is 6.86. The average molecular weight is 317 g/mol. The van der Waals surface area contributed by atoms with Crippen LogP contribution in [0.3, 0.4) is 0 Å². The summed E-state index contributed by atoms with van der Waals surface area (Å²) in [7, 11) is -3.10. The molecule has 0 aliphatic carbocycles. The molecule has 1 unspecified atom stereocenters. The summed E-state index contributed by atoms with van der Waals surface area (Å²) in [5.41, 5.74) is 0. The molecule has 1 aliphatic heterocycles. The maximum Gasteiger partial charge on any atom is 0.193 e. The Kier molecular flexibility index (Phi) is 6.50. The molecule has 0 spiro atoms. The van der Waals surface area contributed by atoms with Gasteiger partial charge in [-0.2, -0.15) is 0 Å². The first kappa shape index (κ1) is 18.3. The fourth-order valence-corrected chi connectivity index (χ4v) is 3.33. The molecule has 1 N–H and O–H groups in total. The van der Waals surface area contributed by atoms with Gasteiger partial charge < -0.3 is 10.2 Å². The van der Waals surface area contributed by atoms with Gasteiger partial charge in [-0.25, -0.2) is 8.42 Å². The molecule has 0 bridgehead atoms. The van der Waals surface area contributed by atoms with Crippen LogP contribution in [0.1, 0.15) is 47.5 Å². The molecule has 5 nitrogen and oxygen atoms in total. The maximum absolute atomic E-state index is 12.1. The van der Waals surface area contributed by atoms with Crippen LogP contribution < -0.4 is 5.32 Å². The lowest BCUT2D eigenvalue weighted by Gasteiger charge is -2.33. The smallest absolute Gasteiger partial charge is 0.193 e. The summed E-state index contributed by atoms with van der Waals surface area (Å²) in [5, 5.41) is 3.28. The highest BCUT2D eigenvalue weighted by atomic mass is 32.2. The Labute approximate surface area is 130 Å². The Hall–Kier alpha value is -0.780. The van der Waals surface area contributed by atoms with Crippen LogP contribution in [0.25, 0.3) is 0 Å². The van der Waals surface area contributed by atoms with Gasteiger partial charge >= 0.3 is 0 Å². The predicted molar refractivity (Wildman–Crippen MR) is 89.5 cm³/mol. The summed E-state index contributed by atoms with van der Waals surface area (Å²) in [6.45, 7) is 12.6. The van der Waals surface area contributed by atoms with Gasteiger partial charge in [0.15, 0.2) is 15.8 Å². The minimum absolute atomic E-state index is 0.106. The van der Waals surface area contributed by atoms with Crippen LogP contribution in [0.5, 0.6) is 0 Å². The predicted octanol–water partition coefficient (Wildman–Crippen LogP) is 1.90. The summed E-state index contributed by atoms with van der Waals surface area (Å²) < 4.78 is 23.5. The van der Waals surface area contributed by atoms with E-state index in [1.54, 1.807) is 20.8 Å². The van der Waals surface area contributed by atoms with E-state index in [2.05, 4.69) is 22.1 Å². The van der Waals surface area contributed by atoms with E-state index in [0.717, 1.165) is 25.6 Å². The van der Waals surface area contributed by atoms with Gasteiger partial charge in [-0.1, -0.05) is 6.92 Å².